The van der Waals surface area contributed by atoms with Crippen molar-refractivity contribution in [3.8, 4) is 0 Å². The van der Waals surface area contributed by atoms with Gasteiger partial charge in [0.15, 0.2) is 0 Å². The third kappa shape index (κ3) is 65.3. The van der Waals surface area contributed by atoms with Crippen molar-refractivity contribution in [3.63, 3.8) is 0 Å². The van der Waals surface area contributed by atoms with Gasteiger partial charge in [0.25, 0.3) is 0 Å². The predicted molar refractivity (Wildman–Crippen MR) is 15.3 cm³/mol. The number of hydrogen-bond acceptors (Lipinski definition) is 2. The van der Waals surface area contributed by atoms with E-state index in [0.29, 0.717) is 0 Å². The average Bonchev–Trinajstić information content (AvgIpc) is 0.722. The van der Waals surface area contributed by atoms with Crippen molar-refractivity contribution in [2.24, 2.45) is 0 Å². The molecule has 0 aromatic heterocycles. The van der Waals surface area contributed by atoms with E-state index in [2.05, 4.69) is 0 Å². The summed E-state index contributed by atoms with van der Waals surface area (Å²) < 4.78 is 31.6. The maximum absolute atomic E-state index is 8.74. The zero-order valence-corrected chi connectivity index (χ0v) is 10.3. The van der Waals surface area contributed by atoms with Gasteiger partial charge in [0.2, 0.25) is 0 Å². The average molecular weight is 240 g/mol. The summed E-state index contributed by atoms with van der Waals surface area (Å²) in [5, 5.41) is 0. The smallest absolute Gasteiger partial charge is 1.00 e. The molecule has 0 unspecified atom stereocenters. The minimum absolute atomic E-state index is 0. The molecule has 0 aliphatic heterocycles. The van der Waals surface area contributed by atoms with Gasteiger partial charge in [-0.15, -0.1) is 0 Å². The Morgan fingerprint density at radius 3 is 1.29 bits per heavy atom. The topological polar surface area (TPSA) is 74.6 Å². The Morgan fingerprint density at radius 2 is 1.29 bits per heavy atom. The van der Waals surface area contributed by atoms with E-state index in [9.17, 15) is 0 Å². The van der Waals surface area contributed by atoms with Crippen molar-refractivity contribution in [2.45, 2.75) is 0 Å². The van der Waals surface area contributed by atoms with Crippen LogP contribution in [0.5, 0.6) is 0 Å². The van der Waals surface area contributed by atoms with Crippen LogP contribution in [-0.2, 0) is 27.5 Å². The molecule has 0 amide bonds. The second-order valence-electron chi connectivity index (χ2n) is 0.448. The van der Waals surface area contributed by atoms with Crippen molar-refractivity contribution in [1.29, 1.82) is 0 Å². The van der Waals surface area contributed by atoms with Gasteiger partial charge in [-0.05, 0) is 0 Å². The molecule has 0 bridgehead atoms. The molecule has 4 nitrogen and oxygen atoms in total. The summed E-state index contributed by atoms with van der Waals surface area (Å²) in [5.41, 5.74) is 0. The molecule has 0 atom stereocenters. The Kier molecular flexibility index (Phi) is 14.5. The van der Waals surface area contributed by atoms with Crippen LogP contribution < -0.4 is 58.2 Å². The van der Waals surface area contributed by atoms with Gasteiger partial charge in [0, 0.05) is 17.1 Å². The van der Waals surface area contributed by atoms with E-state index in [1.165, 1.54) is 0 Å². The van der Waals surface area contributed by atoms with Gasteiger partial charge in [-0.2, -0.15) is 8.42 Å². The first-order chi connectivity index (χ1) is 2.00. The molecule has 7 heteroatoms. The van der Waals surface area contributed by atoms with E-state index in [-0.39, 0.29) is 76.7 Å². The molecule has 0 rings (SSSR count). The van der Waals surface area contributed by atoms with Crippen molar-refractivity contribution in [2.75, 3.05) is 0 Å². The third-order valence-electron chi connectivity index (χ3n) is 0. The summed E-state index contributed by atoms with van der Waals surface area (Å²) in [6.45, 7) is 0. The molecule has 0 radical (unpaired) electrons. The minimum atomic E-state index is -4.67. The fourth-order valence-corrected chi connectivity index (χ4v) is 0. The van der Waals surface area contributed by atoms with Gasteiger partial charge < -0.3 is 1.43 Å². The Bertz CT molecular complexity index is 99.2. The molecule has 0 saturated carbocycles. The quantitative estimate of drug-likeness (QED) is 0.340. The summed E-state index contributed by atoms with van der Waals surface area (Å²) in [6.07, 6.45) is 0. The second-order valence-corrected chi connectivity index (χ2v) is 1.34. The molecule has 0 aliphatic rings. The van der Waals surface area contributed by atoms with Crippen LogP contribution in [0.3, 0.4) is 0 Å². The fraction of sp³-hybridized carbons (Fsp3) is 0. The molecular formula is H3FeO4RbS. The van der Waals surface area contributed by atoms with Gasteiger partial charge in [-0.3, -0.25) is 9.11 Å². The minimum Gasteiger partial charge on any atom is -1.00 e. The van der Waals surface area contributed by atoms with Crippen LogP contribution in [0.25, 0.3) is 0 Å². The number of hydrogen-bond donors (Lipinski definition) is 2. The molecule has 42 valence electrons. The molecule has 0 heterocycles. The Morgan fingerprint density at radius 1 is 1.29 bits per heavy atom. The number of rotatable bonds is 0. The van der Waals surface area contributed by atoms with Gasteiger partial charge in [-0.1, -0.05) is 0 Å². The van der Waals surface area contributed by atoms with Crippen LogP contribution in [0.1, 0.15) is 1.43 Å². The first-order valence-electron chi connectivity index (χ1n) is 0.698. The zero-order chi connectivity index (χ0) is 4.50. The molecule has 0 saturated heterocycles. The maximum Gasteiger partial charge on any atom is 1.00 e. The first-order valence-corrected chi connectivity index (χ1v) is 2.10. The normalized spacial score (nSPS) is 8.29. The predicted octanol–water partition coefficient (Wildman–Crippen LogP) is -3.54. The van der Waals surface area contributed by atoms with E-state index >= 15 is 0 Å². The monoisotopic (exact) mass is 240 g/mol. The van der Waals surface area contributed by atoms with Crippen LogP contribution in [-0.4, -0.2) is 17.5 Å². The summed E-state index contributed by atoms with van der Waals surface area (Å²) in [5.74, 6) is 0. The van der Waals surface area contributed by atoms with E-state index in [1.54, 1.807) is 0 Å². The molecule has 7 heavy (non-hydrogen) atoms. The summed E-state index contributed by atoms with van der Waals surface area (Å²) in [4.78, 5) is 0. The molecule has 0 aromatic carbocycles. The SMILES string of the molecule is O=S(=O)(O)O.[Fe].[H-].[Rb+]. The summed E-state index contributed by atoms with van der Waals surface area (Å²) in [6, 6.07) is 0. The molecular weight excluding hydrogens is 237 g/mol. The van der Waals surface area contributed by atoms with Crippen LogP contribution in [0, 0.1) is 0 Å². The van der Waals surface area contributed by atoms with E-state index in [0.717, 1.165) is 0 Å². The Labute approximate surface area is 102 Å². The van der Waals surface area contributed by atoms with Crippen LogP contribution >= 0.6 is 0 Å². The van der Waals surface area contributed by atoms with Gasteiger partial charge >= 0.3 is 68.6 Å². The molecule has 0 aliphatic carbocycles. The fourth-order valence-electron chi connectivity index (χ4n) is 0. The molecule has 0 spiro atoms. The van der Waals surface area contributed by atoms with Crippen molar-refractivity contribution in [3.05, 3.63) is 0 Å². The molecule has 0 aromatic rings. The standard InChI is InChI=1S/Fe.H2O4S.Rb.H/c;1-5(2,3)4;;/h;(H2,1,2,3,4);;/q;;+1;-1. The van der Waals surface area contributed by atoms with Crippen LogP contribution in [0.15, 0.2) is 0 Å². The Balaban J connectivity index is -0.0000000267. The third-order valence-corrected chi connectivity index (χ3v) is 0. The zero-order valence-electron chi connectivity index (χ0n) is 4.47. The summed E-state index contributed by atoms with van der Waals surface area (Å²) in [7, 11) is -4.67. The maximum atomic E-state index is 8.74. The van der Waals surface area contributed by atoms with Crippen molar-refractivity contribution >= 4 is 10.4 Å². The van der Waals surface area contributed by atoms with Gasteiger partial charge in [0.05, 0.1) is 0 Å². The van der Waals surface area contributed by atoms with Crippen molar-refractivity contribution < 1.29 is 94.2 Å². The molecule has 2 N–H and O–H groups in total. The van der Waals surface area contributed by atoms with E-state index < -0.39 is 10.4 Å². The van der Waals surface area contributed by atoms with Crippen LogP contribution in [0.2, 0.25) is 0 Å². The van der Waals surface area contributed by atoms with Crippen LogP contribution in [0.4, 0.5) is 0 Å². The largest absolute Gasteiger partial charge is 1.00 e. The Hall–Kier alpha value is 2.19. The molecule has 0 fully saturated rings. The first kappa shape index (κ1) is 16.1. The van der Waals surface area contributed by atoms with Gasteiger partial charge in [0.1, 0.15) is 0 Å². The summed E-state index contributed by atoms with van der Waals surface area (Å²) >= 11 is 0. The van der Waals surface area contributed by atoms with Crippen molar-refractivity contribution in [1.82, 2.24) is 0 Å². The van der Waals surface area contributed by atoms with E-state index in [4.69, 9.17) is 17.5 Å². The van der Waals surface area contributed by atoms with E-state index in [1.807, 2.05) is 0 Å². The van der Waals surface area contributed by atoms with Gasteiger partial charge in [-0.25, -0.2) is 0 Å². The second kappa shape index (κ2) is 6.32.